The van der Waals surface area contributed by atoms with E-state index in [1.165, 1.54) is 4.90 Å². The summed E-state index contributed by atoms with van der Waals surface area (Å²) in [5, 5.41) is 11.9. The van der Waals surface area contributed by atoms with Crippen molar-refractivity contribution >= 4 is 12.0 Å². The molecule has 0 aromatic rings. The van der Waals surface area contributed by atoms with E-state index >= 15 is 0 Å². The molecule has 2 amide bonds. The normalized spacial score (nSPS) is 27.9. The fraction of sp³-hybridized carbons (Fsp3) is 0.857. The SMILES string of the molecule is CCC1CCC(NC(=O)N(C)CC(C)C(=O)O)C1C. The highest BCUT2D eigenvalue weighted by Gasteiger charge is 2.33. The monoisotopic (exact) mass is 270 g/mol. The van der Waals surface area contributed by atoms with Crippen LogP contribution in [-0.4, -0.2) is 41.6 Å². The van der Waals surface area contributed by atoms with Crippen molar-refractivity contribution in [1.29, 1.82) is 0 Å². The minimum absolute atomic E-state index is 0.165. The molecule has 1 aliphatic carbocycles. The molecule has 1 aliphatic rings. The molecule has 1 fully saturated rings. The number of rotatable bonds is 5. The molecule has 4 unspecified atom stereocenters. The van der Waals surface area contributed by atoms with Gasteiger partial charge in [-0.25, -0.2) is 4.79 Å². The van der Waals surface area contributed by atoms with E-state index in [2.05, 4.69) is 19.2 Å². The lowest BCUT2D eigenvalue weighted by molar-refractivity contribution is -0.141. The summed E-state index contributed by atoms with van der Waals surface area (Å²) in [5.41, 5.74) is 0. The summed E-state index contributed by atoms with van der Waals surface area (Å²) in [6, 6.07) is 0.0572. The average Bonchev–Trinajstić information content (AvgIpc) is 2.70. The quantitative estimate of drug-likeness (QED) is 0.804. The number of urea groups is 1. The number of amides is 2. The zero-order chi connectivity index (χ0) is 14.6. The zero-order valence-corrected chi connectivity index (χ0v) is 12.3. The predicted octanol–water partition coefficient (Wildman–Crippen LogP) is 2.17. The molecule has 0 aliphatic heterocycles. The Bertz CT molecular complexity index is 333. The average molecular weight is 270 g/mol. The van der Waals surface area contributed by atoms with Gasteiger partial charge in [-0.1, -0.05) is 27.2 Å². The second-order valence-corrected chi connectivity index (χ2v) is 5.78. The van der Waals surface area contributed by atoms with Crippen LogP contribution in [0.2, 0.25) is 0 Å². The van der Waals surface area contributed by atoms with Gasteiger partial charge >= 0.3 is 12.0 Å². The van der Waals surface area contributed by atoms with E-state index in [4.69, 9.17) is 5.11 Å². The number of aliphatic carboxylic acids is 1. The van der Waals surface area contributed by atoms with E-state index in [0.29, 0.717) is 11.8 Å². The minimum atomic E-state index is -0.875. The summed E-state index contributed by atoms with van der Waals surface area (Å²) in [6.45, 7) is 6.22. The van der Waals surface area contributed by atoms with Gasteiger partial charge in [-0.05, 0) is 24.7 Å². The Hall–Kier alpha value is -1.26. The number of hydrogen-bond acceptors (Lipinski definition) is 2. The third kappa shape index (κ3) is 4.11. The number of nitrogens with zero attached hydrogens (tertiary/aromatic N) is 1. The molecule has 2 N–H and O–H groups in total. The van der Waals surface area contributed by atoms with Crippen molar-refractivity contribution in [2.75, 3.05) is 13.6 Å². The number of hydrogen-bond donors (Lipinski definition) is 2. The van der Waals surface area contributed by atoms with Crippen molar-refractivity contribution in [2.24, 2.45) is 17.8 Å². The molecule has 5 heteroatoms. The van der Waals surface area contributed by atoms with Gasteiger partial charge in [0.15, 0.2) is 0 Å². The van der Waals surface area contributed by atoms with Crippen LogP contribution in [0.15, 0.2) is 0 Å². The lowest BCUT2D eigenvalue weighted by Gasteiger charge is -2.25. The van der Waals surface area contributed by atoms with Crippen molar-refractivity contribution in [1.82, 2.24) is 10.2 Å². The number of carbonyl (C=O) groups is 2. The van der Waals surface area contributed by atoms with E-state index in [9.17, 15) is 9.59 Å². The van der Waals surface area contributed by atoms with Crippen molar-refractivity contribution in [3.8, 4) is 0 Å². The molecule has 0 heterocycles. The van der Waals surface area contributed by atoms with Gasteiger partial charge in [0.25, 0.3) is 0 Å². The maximum Gasteiger partial charge on any atom is 0.317 e. The first-order chi connectivity index (χ1) is 8.86. The molecule has 19 heavy (non-hydrogen) atoms. The van der Waals surface area contributed by atoms with Crippen LogP contribution < -0.4 is 5.32 Å². The Labute approximate surface area is 115 Å². The highest BCUT2D eigenvalue weighted by molar-refractivity contribution is 5.76. The number of carbonyl (C=O) groups excluding carboxylic acids is 1. The fourth-order valence-electron chi connectivity index (χ4n) is 2.87. The molecule has 5 nitrogen and oxygen atoms in total. The molecule has 0 aromatic heterocycles. The minimum Gasteiger partial charge on any atom is -0.481 e. The van der Waals surface area contributed by atoms with E-state index in [1.807, 2.05) is 0 Å². The van der Waals surface area contributed by atoms with Crippen molar-refractivity contribution in [3.05, 3.63) is 0 Å². The van der Waals surface area contributed by atoms with Gasteiger partial charge in [-0.3, -0.25) is 4.79 Å². The maximum atomic E-state index is 12.0. The van der Waals surface area contributed by atoms with Crippen LogP contribution in [0.3, 0.4) is 0 Å². The Morgan fingerprint density at radius 2 is 2.05 bits per heavy atom. The lowest BCUT2D eigenvalue weighted by atomic mass is 9.93. The van der Waals surface area contributed by atoms with Gasteiger partial charge in [-0.15, -0.1) is 0 Å². The van der Waals surface area contributed by atoms with Gasteiger partial charge in [0.05, 0.1) is 5.92 Å². The van der Waals surface area contributed by atoms with Crippen LogP contribution in [0.1, 0.15) is 40.0 Å². The summed E-state index contributed by atoms with van der Waals surface area (Å²) >= 11 is 0. The molecule has 1 rings (SSSR count). The van der Waals surface area contributed by atoms with Crippen molar-refractivity contribution in [2.45, 2.75) is 46.1 Å². The van der Waals surface area contributed by atoms with Crippen LogP contribution in [-0.2, 0) is 4.79 Å². The Kier molecular flexibility index (Phi) is 5.63. The Morgan fingerprint density at radius 1 is 1.42 bits per heavy atom. The fourth-order valence-corrected chi connectivity index (χ4v) is 2.87. The standard InChI is InChI=1S/C14H26N2O3/c1-5-11-6-7-12(10(11)3)15-14(19)16(4)8-9(2)13(17)18/h9-12H,5-8H2,1-4H3,(H,15,19)(H,17,18). The van der Waals surface area contributed by atoms with Crippen LogP contribution in [0.5, 0.6) is 0 Å². The molecular weight excluding hydrogens is 244 g/mol. The molecule has 1 saturated carbocycles. The first-order valence-electron chi connectivity index (χ1n) is 7.11. The summed E-state index contributed by atoms with van der Waals surface area (Å²) < 4.78 is 0. The number of carboxylic acids is 1. The van der Waals surface area contributed by atoms with Gasteiger partial charge in [0, 0.05) is 19.6 Å². The van der Waals surface area contributed by atoms with E-state index < -0.39 is 11.9 Å². The molecule has 0 bridgehead atoms. The van der Waals surface area contributed by atoms with Gasteiger partial charge in [-0.2, -0.15) is 0 Å². The number of carboxylic acid groups (broad SMARTS) is 1. The molecule has 4 atom stereocenters. The molecule has 0 saturated heterocycles. The van der Waals surface area contributed by atoms with Gasteiger partial charge in [0.2, 0.25) is 0 Å². The van der Waals surface area contributed by atoms with E-state index in [0.717, 1.165) is 19.3 Å². The first-order valence-corrected chi connectivity index (χ1v) is 7.11. The van der Waals surface area contributed by atoms with Gasteiger partial charge in [0.1, 0.15) is 0 Å². The zero-order valence-electron chi connectivity index (χ0n) is 12.3. The van der Waals surface area contributed by atoms with Crippen molar-refractivity contribution in [3.63, 3.8) is 0 Å². The summed E-state index contributed by atoms with van der Waals surface area (Å²) in [7, 11) is 1.64. The highest BCUT2D eigenvalue weighted by atomic mass is 16.4. The summed E-state index contributed by atoms with van der Waals surface area (Å²) in [4.78, 5) is 24.3. The first kappa shape index (κ1) is 15.8. The summed E-state index contributed by atoms with van der Waals surface area (Å²) in [6.07, 6.45) is 3.34. The smallest absolute Gasteiger partial charge is 0.317 e. The maximum absolute atomic E-state index is 12.0. The van der Waals surface area contributed by atoms with Gasteiger partial charge < -0.3 is 15.3 Å². The van der Waals surface area contributed by atoms with Crippen LogP contribution in [0.25, 0.3) is 0 Å². The third-order valence-electron chi connectivity index (χ3n) is 4.38. The molecule has 0 aromatic carbocycles. The Balaban J connectivity index is 2.44. The largest absolute Gasteiger partial charge is 0.481 e. The molecule has 110 valence electrons. The lowest BCUT2D eigenvalue weighted by Crippen LogP contribution is -2.46. The van der Waals surface area contributed by atoms with E-state index in [1.54, 1.807) is 14.0 Å². The molecular formula is C14H26N2O3. The van der Waals surface area contributed by atoms with Crippen LogP contribution >= 0.6 is 0 Å². The molecule has 0 radical (unpaired) electrons. The second kappa shape index (κ2) is 6.78. The van der Waals surface area contributed by atoms with Crippen LogP contribution in [0, 0.1) is 17.8 Å². The summed E-state index contributed by atoms with van der Waals surface area (Å²) in [5.74, 6) is -0.229. The third-order valence-corrected chi connectivity index (χ3v) is 4.38. The topological polar surface area (TPSA) is 69.6 Å². The second-order valence-electron chi connectivity index (χ2n) is 5.78. The number of nitrogens with one attached hydrogen (secondary N) is 1. The highest BCUT2D eigenvalue weighted by Crippen LogP contribution is 2.33. The van der Waals surface area contributed by atoms with Crippen LogP contribution in [0.4, 0.5) is 4.79 Å². The van der Waals surface area contributed by atoms with Crippen molar-refractivity contribution < 1.29 is 14.7 Å². The van der Waals surface area contributed by atoms with E-state index in [-0.39, 0.29) is 18.6 Å². The Morgan fingerprint density at radius 3 is 2.53 bits per heavy atom. The predicted molar refractivity (Wildman–Crippen MR) is 73.9 cm³/mol. The molecule has 0 spiro atoms.